The lowest BCUT2D eigenvalue weighted by Gasteiger charge is -2.05. The first-order valence-corrected chi connectivity index (χ1v) is 6.06. The van der Waals surface area contributed by atoms with Gasteiger partial charge >= 0.3 is 11.9 Å². The summed E-state index contributed by atoms with van der Waals surface area (Å²) in [4.78, 5) is 22.2. The van der Waals surface area contributed by atoms with Gasteiger partial charge in [-0.15, -0.1) is 0 Å². The topological polar surface area (TPSA) is 87.4 Å². The van der Waals surface area contributed by atoms with E-state index >= 15 is 0 Å². The Morgan fingerprint density at radius 3 is 2.30 bits per heavy atom. The Bertz CT molecular complexity index is 565. The van der Waals surface area contributed by atoms with E-state index < -0.39 is 11.9 Å². The fourth-order valence-corrected chi connectivity index (χ4v) is 1.38. The Labute approximate surface area is 117 Å². The average Bonchev–Trinajstić information content (AvgIpc) is 2.42. The van der Waals surface area contributed by atoms with Crippen LogP contribution >= 0.6 is 0 Å². The predicted octanol–water partition coefficient (Wildman–Crippen LogP) is 2.49. The SMILES string of the molecule is CC(C)COC(=O)C=C(C#N)c1ccc(C(=O)O)cc1. The van der Waals surface area contributed by atoms with Crippen molar-refractivity contribution >= 4 is 17.5 Å². The van der Waals surface area contributed by atoms with Crippen LogP contribution in [0.3, 0.4) is 0 Å². The number of rotatable bonds is 5. The zero-order chi connectivity index (χ0) is 15.1. The molecule has 5 nitrogen and oxygen atoms in total. The molecule has 0 aliphatic rings. The molecule has 0 bridgehead atoms. The molecule has 0 saturated carbocycles. The van der Waals surface area contributed by atoms with Crippen LogP contribution in [-0.4, -0.2) is 23.7 Å². The number of carbonyl (C=O) groups is 2. The second kappa shape index (κ2) is 7.10. The second-order valence-electron chi connectivity index (χ2n) is 4.58. The lowest BCUT2D eigenvalue weighted by atomic mass is 10.0. The van der Waals surface area contributed by atoms with Crippen molar-refractivity contribution in [1.29, 1.82) is 5.26 Å². The number of hydrogen-bond donors (Lipinski definition) is 1. The maximum Gasteiger partial charge on any atom is 0.335 e. The summed E-state index contributed by atoms with van der Waals surface area (Å²) in [5.74, 6) is -1.42. The molecule has 1 aromatic carbocycles. The van der Waals surface area contributed by atoms with Gasteiger partial charge in [0.05, 0.1) is 17.7 Å². The van der Waals surface area contributed by atoms with Crippen molar-refractivity contribution < 1.29 is 19.4 Å². The van der Waals surface area contributed by atoms with Gasteiger partial charge in [0.15, 0.2) is 0 Å². The molecule has 0 heterocycles. The fraction of sp³-hybridized carbons (Fsp3) is 0.267. The number of allylic oxidation sites excluding steroid dienone is 1. The van der Waals surface area contributed by atoms with Gasteiger partial charge in [0, 0.05) is 6.08 Å². The average molecular weight is 273 g/mol. The van der Waals surface area contributed by atoms with Crippen LogP contribution in [0.1, 0.15) is 29.8 Å². The normalized spacial score (nSPS) is 11.0. The zero-order valence-corrected chi connectivity index (χ0v) is 11.3. The number of aromatic carboxylic acids is 1. The fourth-order valence-electron chi connectivity index (χ4n) is 1.38. The van der Waals surface area contributed by atoms with Crippen molar-refractivity contribution in [1.82, 2.24) is 0 Å². The third-order valence-electron chi connectivity index (χ3n) is 2.38. The largest absolute Gasteiger partial charge is 0.478 e. The number of carboxylic acids is 1. The summed E-state index contributed by atoms with van der Waals surface area (Å²) >= 11 is 0. The molecule has 0 radical (unpaired) electrons. The first-order valence-electron chi connectivity index (χ1n) is 6.06. The van der Waals surface area contributed by atoms with Crippen molar-refractivity contribution in [2.24, 2.45) is 5.92 Å². The van der Waals surface area contributed by atoms with Crippen LogP contribution < -0.4 is 0 Å². The zero-order valence-electron chi connectivity index (χ0n) is 11.3. The number of hydrogen-bond acceptors (Lipinski definition) is 4. The molecule has 0 amide bonds. The molecule has 0 saturated heterocycles. The highest BCUT2D eigenvalue weighted by Gasteiger charge is 2.08. The second-order valence-corrected chi connectivity index (χ2v) is 4.58. The van der Waals surface area contributed by atoms with E-state index in [0.29, 0.717) is 5.56 Å². The van der Waals surface area contributed by atoms with Crippen LogP contribution in [0.2, 0.25) is 0 Å². The lowest BCUT2D eigenvalue weighted by molar-refractivity contribution is -0.138. The van der Waals surface area contributed by atoms with E-state index in [1.165, 1.54) is 24.3 Å². The van der Waals surface area contributed by atoms with Gasteiger partial charge in [-0.25, -0.2) is 9.59 Å². The molecule has 5 heteroatoms. The van der Waals surface area contributed by atoms with Crippen molar-refractivity contribution in [3.05, 3.63) is 41.5 Å². The predicted molar refractivity (Wildman–Crippen MR) is 72.8 cm³/mol. The van der Waals surface area contributed by atoms with Crippen LogP contribution in [0.25, 0.3) is 5.57 Å². The summed E-state index contributed by atoms with van der Waals surface area (Å²) in [7, 11) is 0. The molecule has 0 fully saturated rings. The standard InChI is InChI=1S/C15H15NO4/c1-10(2)9-20-14(17)7-13(8-16)11-3-5-12(6-4-11)15(18)19/h3-7,10H,9H2,1-2H3,(H,18,19). The monoisotopic (exact) mass is 273 g/mol. The van der Waals surface area contributed by atoms with Gasteiger partial charge in [0.25, 0.3) is 0 Å². The molecular weight excluding hydrogens is 258 g/mol. The van der Waals surface area contributed by atoms with Gasteiger partial charge < -0.3 is 9.84 Å². The van der Waals surface area contributed by atoms with Crippen molar-refractivity contribution in [2.75, 3.05) is 6.61 Å². The highest BCUT2D eigenvalue weighted by molar-refractivity contribution is 5.96. The Morgan fingerprint density at radius 1 is 1.30 bits per heavy atom. The van der Waals surface area contributed by atoms with Gasteiger partial charge in [-0.2, -0.15) is 5.26 Å². The van der Waals surface area contributed by atoms with Crippen LogP contribution in [0, 0.1) is 17.2 Å². The molecule has 0 atom stereocenters. The van der Waals surface area contributed by atoms with E-state index in [2.05, 4.69) is 0 Å². The lowest BCUT2D eigenvalue weighted by Crippen LogP contribution is -2.07. The van der Waals surface area contributed by atoms with Gasteiger partial charge in [0.2, 0.25) is 0 Å². The number of nitrogens with zero attached hydrogens (tertiary/aromatic N) is 1. The molecule has 20 heavy (non-hydrogen) atoms. The smallest absolute Gasteiger partial charge is 0.335 e. The third-order valence-corrected chi connectivity index (χ3v) is 2.38. The Kier molecular flexibility index (Phi) is 5.48. The molecular formula is C15H15NO4. The summed E-state index contributed by atoms with van der Waals surface area (Å²) in [6.07, 6.45) is 1.11. The number of carbonyl (C=O) groups excluding carboxylic acids is 1. The summed E-state index contributed by atoms with van der Waals surface area (Å²) in [5.41, 5.74) is 0.725. The minimum Gasteiger partial charge on any atom is -0.478 e. The van der Waals surface area contributed by atoms with Gasteiger partial charge in [-0.05, 0) is 23.6 Å². The van der Waals surface area contributed by atoms with E-state index in [4.69, 9.17) is 15.1 Å². The molecule has 0 unspecified atom stereocenters. The maximum atomic E-state index is 11.5. The molecule has 1 rings (SSSR count). The summed E-state index contributed by atoms with van der Waals surface area (Å²) in [6.45, 7) is 4.10. The van der Waals surface area contributed by atoms with Gasteiger partial charge in [-0.3, -0.25) is 0 Å². The van der Waals surface area contributed by atoms with E-state index in [9.17, 15) is 9.59 Å². The first-order chi connectivity index (χ1) is 9.43. The highest BCUT2D eigenvalue weighted by Crippen LogP contribution is 2.15. The number of ether oxygens (including phenoxy) is 1. The molecule has 0 spiro atoms. The van der Waals surface area contributed by atoms with E-state index in [1.54, 1.807) is 0 Å². The molecule has 104 valence electrons. The van der Waals surface area contributed by atoms with E-state index in [-0.39, 0.29) is 23.7 Å². The van der Waals surface area contributed by atoms with Crippen molar-refractivity contribution in [3.8, 4) is 6.07 Å². The number of nitriles is 1. The van der Waals surface area contributed by atoms with Crippen LogP contribution in [0.5, 0.6) is 0 Å². The maximum absolute atomic E-state index is 11.5. The number of esters is 1. The van der Waals surface area contributed by atoms with Crippen LogP contribution in [-0.2, 0) is 9.53 Å². The Balaban J connectivity index is 2.87. The first kappa shape index (κ1) is 15.4. The molecule has 1 N–H and O–H groups in total. The minimum absolute atomic E-state index is 0.119. The van der Waals surface area contributed by atoms with Gasteiger partial charge in [-0.1, -0.05) is 26.0 Å². The highest BCUT2D eigenvalue weighted by atomic mass is 16.5. The Hall–Kier alpha value is -2.61. The quantitative estimate of drug-likeness (QED) is 0.506. The Morgan fingerprint density at radius 2 is 1.85 bits per heavy atom. The molecule has 0 aliphatic heterocycles. The van der Waals surface area contributed by atoms with Crippen LogP contribution in [0.15, 0.2) is 30.3 Å². The molecule has 1 aromatic rings. The summed E-state index contributed by atoms with van der Waals surface area (Å²) < 4.78 is 4.96. The van der Waals surface area contributed by atoms with Crippen molar-refractivity contribution in [2.45, 2.75) is 13.8 Å². The van der Waals surface area contributed by atoms with Gasteiger partial charge in [0.1, 0.15) is 6.07 Å². The molecule has 0 aromatic heterocycles. The molecule has 0 aliphatic carbocycles. The van der Waals surface area contributed by atoms with E-state index in [1.807, 2.05) is 19.9 Å². The number of carboxylic acid groups (broad SMARTS) is 1. The van der Waals surface area contributed by atoms with E-state index in [0.717, 1.165) is 6.08 Å². The van der Waals surface area contributed by atoms with Crippen molar-refractivity contribution in [3.63, 3.8) is 0 Å². The van der Waals surface area contributed by atoms with Crippen LogP contribution in [0.4, 0.5) is 0 Å². The summed E-state index contributed by atoms with van der Waals surface area (Å²) in [5, 5.41) is 17.8. The third kappa shape index (κ3) is 4.58. The number of benzene rings is 1. The minimum atomic E-state index is -1.05. The summed E-state index contributed by atoms with van der Waals surface area (Å²) in [6, 6.07) is 7.61.